The smallest absolute Gasteiger partial charge is 0.164 e. The van der Waals surface area contributed by atoms with Gasteiger partial charge in [0.2, 0.25) is 5.69 Å². The van der Waals surface area contributed by atoms with Gasteiger partial charge in [-0.3, -0.25) is 0 Å². The van der Waals surface area contributed by atoms with Crippen molar-refractivity contribution in [1.82, 2.24) is 0 Å². The molecule has 1 heteroatoms. The van der Waals surface area contributed by atoms with Crippen LogP contribution in [0.25, 0.3) is 16.5 Å². The van der Waals surface area contributed by atoms with E-state index in [4.69, 9.17) is 0 Å². The van der Waals surface area contributed by atoms with Crippen molar-refractivity contribution in [2.45, 2.75) is 13.8 Å². The molecule has 0 saturated heterocycles. The zero-order chi connectivity index (χ0) is 12.5. The molecule has 1 aromatic heterocycles. The van der Waals surface area contributed by atoms with Gasteiger partial charge in [-0.15, -0.1) is 0 Å². The summed E-state index contributed by atoms with van der Waals surface area (Å²) in [6, 6.07) is 19.0. The summed E-state index contributed by atoms with van der Waals surface area (Å²) >= 11 is 0. The van der Waals surface area contributed by atoms with E-state index in [2.05, 4.69) is 73.1 Å². The van der Waals surface area contributed by atoms with Crippen LogP contribution in [0.5, 0.6) is 0 Å². The van der Waals surface area contributed by atoms with Crippen molar-refractivity contribution >= 4 is 10.8 Å². The highest BCUT2D eigenvalue weighted by atomic mass is 15.0. The first-order valence-electron chi connectivity index (χ1n) is 6.23. The first-order valence-corrected chi connectivity index (χ1v) is 6.23. The van der Waals surface area contributed by atoms with Crippen LogP contribution in [0.2, 0.25) is 0 Å². The largest absolute Gasteiger partial charge is 0.210 e. The summed E-state index contributed by atoms with van der Waals surface area (Å²) in [4.78, 5) is 0. The molecule has 0 fully saturated rings. The van der Waals surface area contributed by atoms with Crippen molar-refractivity contribution < 1.29 is 4.57 Å². The number of pyridine rings is 1. The highest BCUT2D eigenvalue weighted by Gasteiger charge is 2.15. The number of rotatable bonds is 1. The summed E-state index contributed by atoms with van der Waals surface area (Å²) < 4.78 is 2.26. The molecule has 0 atom stereocenters. The van der Waals surface area contributed by atoms with Gasteiger partial charge in [0.25, 0.3) is 0 Å². The van der Waals surface area contributed by atoms with Gasteiger partial charge in [0, 0.05) is 30.0 Å². The zero-order valence-electron chi connectivity index (χ0n) is 10.7. The van der Waals surface area contributed by atoms with Gasteiger partial charge in [-0.05, 0) is 18.4 Å². The molecule has 0 bridgehead atoms. The highest BCUT2D eigenvalue weighted by molar-refractivity contribution is 5.84. The monoisotopic (exact) mass is 234 g/mol. The van der Waals surface area contributed by atoms with Gasteiger partial charge in [0.05, 0.1) is 0 Å². The molecule has 0 spiro atoms. The molecule has 1 heterocycles. The fraction of sp³-hybridized carbons (Fsp3) is 0.118. The predicted molar refractivity (Wildman–Crippen MR) is 75.0 cm³/mol. The second kappa shape index (κ2) is 4.26. The van der Waals surface area contributed by atoms with Crippen LogP contribution in [0.1, 0.15) is 11.3 Å². The number of hydrogen-bond donors (Lipinski definition) is 0. The molecule has 0 saturated carbocycles. The van der Waals surface area contributed by atoms with Crippen molar-refractivity contribution in [2.75, 3.05) is 0 Å². The molecule has 1 nitrogen and oxygen atoms in total. The van der Waals surface area contributed by atoms with E-state index in [0.717, 1.165) is 0 Å². The fourth-order valence-corrected chi connectivity index (χ4v) is 2.42. The Kier molecular flexibility index (Phi) is 2.60. The van der Waals surface area contributed by atoms with Crippen molar-refractivity contribution in [2.24, 2.45) is 0 Å². The molecule has 0 aliphatic heterocycles. The van der Waals surface area contributed by atoms with Crippen LogP contribution in [-0.4, -0.2) is 0 Å². The van der Waals surface area contributed by atoms with E-state index in [1.165, 1.54) is 27.7 Å². The quantitative estimate of drug-likeness (QED) is 0.565. The molecular formula is C17H16N+. The molecule has 0 radical (unpaired) electrons. The van der Waals surface area contributed by atoms with Crippen LogP contribution in [0.15, 0.2) is 60.8 Å². The molecule has 0 aliphatic rings. The average Bonchev–Trinajstić information content (AvgIpc) is 2.44. The molecule has 3 aromatic rings. The van der Waals surface area contributed by atoms with Gasteiger partial charge in [0.1, 0.15) is 0 Å². The molecule has 0 N–H and O–H groups in total. The average molecular weight is 234 g/mol. The van der Waals surface area contributed by atoms with E-state index >= 15 is 0 Å². The Morgan fingerprint density at radius 2 is 1.44 bits per heavy atom. The van der Waals surface area contributed by atoms with Crippen molar-refractivity contribution in [3.05, 3.63) is 72.1 Å². The van der Waals surface area contributed by atoms with Crippen LogP contribution in [-0.2, 0) is 0 Å². The molecule has 0 amide bonds. The van der Waals surface area contributed by atoms with Crippen LogP contribution in [0.3, 0.4) is 0 Å². The lowest BCUT2D eigenvalue weighted by molar-refractivity contribution is -0.601. The van der Waals surface area contributed by atoms with Gasteiger partial charge in [-0.25, -0.2) is 0 Å². The Hall–Kier alpha value is -2.15. The van der Waals surface area contributed by atoms with E-state index < -0.39 is 0 Å². The van der Waals surface area contributed by atoms with E-state index in [1.54, 1.807) is 0 Å². The van der Waals surface area contributed by atoms with E-state index in [0.29, 0.717) is 0 Å². The number of aryl methyl sites for hydroxylation is 1. The Labute approximate surface area is 107 Å². The van der Waals surface area contributed by atoms with Gasteiger partial charge in [-0.1, -0.05) is 36.4 Å². The fourth-order valence-electron chi connectivity index (χ4n) is 2.42. The number of aromatic nitrogens is 1. The Balaban J connectivity index is 2.34. The number of para-hydroxylation sites is 1. The van der Waals surface area contributed by atoms with Gasteiger partial charge in [-0.2, -0.15) is 4.57 Å². The first-order chi connectivity index (χ1) is 8.77. The van der Waals surface area contributed by atoms with Crippen LogP contribution in [0, 0.1) is 13.8 Å². The first kappa shape index (κ1) is 11.0. The Bertz CT molecular complexity index is 699. The van der Waals surface area contributed by atoms with Crippen molar-refractivity contribution in [1.29, 1.82) is 0 Å². The van der Waals surface area contributed by atoms with E-state index in [9.17, 15) is 0 Å². The third-order valence-electron chi connectivity index (χ3n) is 3.57. The standard InChI is InChI=1S/C17H16N/c1-13-14(2)18(16-9-4-3-5-10-16)12-15-8-6-7-11-17(13)15/h3-12H,1-2H3/q+1. The maximum Gasteiger partial charge on any atom is 0.210 e. The summed E-state index contributed by atoms with van der Waals surface area (Å²) in [6.45, 7) is 4.37. The summed E-state index contributed by atoms with van der Waals surface area (Å²) in [7, 11) is 0. The van der Waals surface area contributed by atoms with Crippen molar-refractivity contribution in [3.63, 3.8) is 0 Å². The number of nitrogens with zero attached hydrogens (tertiary/aromatic N) is 1. The zero-order valence-corrected chi connectivity index (χ0v) is 10.7. The molecule has 2 aromatic carbocycles. The molecule has 18 heavy (non-hydrogen) atoms. The maximum absolute atomic E-state index is 2.26. The van der Waals surface area contributed by atoms with E-state index in [-0.39, 0.29) is 0 Å². The Morgan fingerprint density at radius 1 is 0.778 bits per heavy atom. The summed E-state index contributed by atoms with van der Waals surface area (Å²) in [6.07, 6.45) is 2.22. The third-order valence-corrected chi connectivity index (χ3v) is 3.57. The lowest BCUT2D eigenvalue weighted by Gasteiger charge is -2.06. The predicted octanol–water partition coefficient (Wildman–Crippen LogP) is 3.73. The van der Waals surface area contributed by atoms with Gasteiger partial charge in [0.15, 0.2) is 11.9 Å². The van der Waals surface area contributed by atoms with E-state index in [1.807, 2.05) is 6.07 Å². The van der Waals surface area contributed by atoms with Gasteiger partial charge >= 0.3 is 0 Å². The maximum atomic E-state index is 2.26. The normalized spacial score (nSPS) is 10.8. The van der Waals surface area contributed by atoms with Gasteiger partial charge < -0.3 is 0 Å². The number of benzene rings is 2. The molecule has 0 unspecified atom stereocenters. The third kappa shape index (κ3) is 1.68. The SMILES string of the molecule is Cc1c(C)[n+](-c2ccccc2)cc2ccccc12. The lowest BCUT2D eigenvalue weighted by Crippen LogP contribution is -2.34. The molecule has 88 valence electrons. The minimum absolute atomic E-state index is 1.21. The molecule has 3 rings (SSSR count). The lowest BCUT2D eigenvalue weighted by atomic mass is 10.1. The number of hydrogen-bond acceptors (Lipinski definition) is 0. The topological polar surface area (TPSA) is 3.88 Å². The molecular weight excluding hydrogens is 218 g/mol. The van der Waals surface area contributed by atoms with Crippen LogP contribution < -0.4 is 4.57 Å². The Morgan fingerprint density at radius 3 is 2.22 bits per heavy atom. The second-order valence-electron chi connectivity index (χ2n) is 4.63. The number of fused-ring (bicyclic) bond motifs is 1. The van der Waals surface area contributed by atoms with Crippen LogP contribution in [0.4, 0.5) is 0 Å². The minimum atomic E-state index is 1.21. The molecule has 0 aliphatic carbocycles. The highest BCUT2D eigenvalue weighted by Crippen LogP contribution is 2.19. The summed E-state index contributed by atoms with van der Waals surface area (Å²) in [5.41, 5.74) is 3.85. The van der Waals surface area contributed by atoms with Crippen molar-refractivity contribution in [3.8, 4) is 5.69 Å². The van der Waals surface area contributed by atoms with Crippen LogP contribution >= 0.6 is 0 Å². The summed E-state index contributed by atoms with van der Waals surface area (Å²) in [5.74, 6) is 0. The second-order valence-corrected chi connectivity index (χ2v) is 4.63. The minimum Gasteiger partial charge on any atom is -0.164 e. The summed E-state index contributed by atoms with van der Waals surface area (Å²) in [5, 5.41) is 2.62.